The molecule has 108 valence electrons. The molecular formula is C17H19N3O. The maximum Gasteiger partial charge on any atom is 0.252 e. The molecule has 0 unspecified atom stereocenters. The van der Waals surface area contributed by atoms with E-state index >= 15 is 0 Å². The Morgan fingerprint density at radius 3 is 2.90 bits per heavy atom. The molecular weight excluding hydrogens is 262 g/mol. The molecule has 2 N–H and O–H groups in total. The monoisotopic (exact) mass is 281 g/mol. The summed E-state index contributed by atoms with van der Waals surface area (Å²) >= 11 is 0. The molecule has 1 amide bonds. The number of benzene rings is 1. The zero-order valence-electron chi connectivity index (χ0n) is 12.1. The summed E-state index contributed by atoms with van der Waals surface area (Å²) < 4.78 is 0. The van der Waals surface area contributed by atoms with Crippen LogP contribution in [0, 0.1) is 0 Å². The third kappa shape index (κ3) is 2.95. The highest BCUT2D eigenvalue weighted by Crippen LogP contribution is 2.20. The van der Waals surface area contributed by atoms with E-state index in [1.54, 1.807) is 12.4 Å². The van der Waals surface area contributed by atoms with E-state index < -0.39 is 0 Å². The Hall–Kier alpha value is -2.20. The van der Waals surface area contributed by atoms with Crippen molar-refractivity contribution in [2.45, 2.75) is 25.9 Å². The van der Waals surface area contributed by atoms with Gasteiger partial charge in [0.15, 0.2) is 0 Å². The van der Waals surface area contributed by atoms with Crippen LogP contribution in [0.5, 0.6) is 0 Å². The molecule has 0 fully saturated rings. The lowest BCUT2D eigenvalue weighted by atomic mass is 9.95. The second kappa shape index (κ2) is 6.06. The van der Waals surface area contributed by atoms with Gasteiger partial charge in [-0.15, -0.1) is 0 Å². The number of nitrogens with zero attached hydrogens (tertiary/aromatic N) is 1. The molecule has 21 heavy (non-hydrogen) atoms. The summed E-state index contributed by atoms with van der Waals surface area (Å²) in [5.41, 5.74) is 4.26. The summed E-state index contributed by atoms with van der Waals surface area (Å²) in [5, 5.41) is 6.41. The predicted molar refractivity (Wildman–Crippen MR) is 82.0 cm³/mol. The van der Waals surface area contributed by atoms with Crippen LogP contribution in [0.4, 0.5) is 0 Å². The van der Waals surface area contributed by atoms with Gasteiger partial charge in [0.2, 0.25) is 0 Å². The van der Waals surface area contributed by atoms with E-state index in [-0.39, 0.29) is 11.9 Å². The van der Waals surface area contributed by atoms with Crippen molar-refractivity contribution in [3.8, 4) is 0 Å². The third-order valence-electron chi connectivity index (χ3n) is 3.94. The van der Waals surface area contributed by atoms with E-state index in [0.29, 0.717) is 0 Å². The number of hydrogen-bond donors (Lipinski definition) is 2. The highest BCUT2D eigenvalue weighted by molar-refractivity contribution is 5.96. The minimum atomic E-state index is -0.0296. The Labute approximate surface area is 124 Å². The van der Waals surface area contributed by atoms with Gasteiger partial charge in [-0.2, -0.15) is 0 Å². The molecule has 4 nitrogen and oxygen atoms in total. The van der Waals surface area contributed by atoms with E-state index in [2.05, 4.69) is 21.7 Å². The van der Waals surface area contributed by atoms with Gasteiger partial charge in [0, 0.05) is 24.5 Å². The number of pyridine rings is 1. The fourth-order valence-electron chi connectivity index (χ4n) is 2.75. The molecule has 1 aliphatic rings. The highest BCUT2D eigenvalue weighted by Gasteiger charge is 2.18. The van der Waals surface area contributed by atoms with Crippen molar-refractivity contribution in [3.05, 3.63) is 65.0 Å². The second-order valence-corrected chi connectivity index (χ2v) is 5.35. The number of aromatic nitrogens is 1. The van der Waals surface area contributed by atoms with Crippen LogP contribution in [0.1, 0.15) is 40.0 Å². The van der Waals surface area contributed by atoms with Crippen molar-refractivity contribution < 1.29 is 4.79 Å². The summed E-state index contributed by atoms with van der Waals surface area (Å²) in [6, 6.07) is 9.78. The molecule has 2 heterocycles. The molecule has 0 saturated heterocycles. The standard InChI is InChI=1S/C17H19N3O/c1-12(13-5-8-18-9-6-13)20-17(21)16-4-2-3-14-11-19-10-7-15(14)16/h2-6,8-9,12,19H,7,10-11H2,1H3,(H,20,21)/t12-/m0/s1. The molecule has 2 aromatic rings. The number of rotatable bonds is 3. The molecule has 1 aromatic carbocycles. The summed E-state index contributed by atoms with van der Waals surface area (Å²) in [7, 11) is 0. The quantitative estimate of drug-likeness (QED) is 0.907. The Balaban J connectivity index is 1.80. The Morgan fingerprint density at radius 1 is 1.29 bits per heavy atom. The predicted octanol–water partition coefficient (Wildman–Crippen LogP) is 2.22. The molecule has 1 atom stereocenters. The van der Waals surface area contributed by atoms with Crippen LogP contribution < -0.4 is 10.6 Å². The molecule has 0 saturated carbocycles. The van der Waals surface area contributed by atoms with E-state index in [9.17, 15) is 4.79 Å². The lowest BCUT2D eigenvalue weighted by molar-refractivity contribution is 0.0938. The first-order valence-corrected chi connectivity index (χ1v) is 7.28. The van der Waals surface area contributed by atoms with Crippen molar-refractivity contribution in [2.75, 3.05) is 6.54 Å². The third-order valence-corrected chi connectivity index (χ3v) is 3.94. The van der Waals surface area contributed by atoms with Gasteiger partial charge < -0.3 is 10.6 Å². The SMILES string of the molecule is C[C@H](NC(=O)c1cccc2c1CCNC2)c1ccncc1. The number of nitrogens with one attached hydrogen (secondary N) is 2. The Morgan fingerprint density at radius 2 is 2.10 bits per heavy atom. The Kier molecular flexibility index (Phi) is 3.97. The van der Waals surface area contributed by atoms with Gasteiger partial charge in [0.25, 0.3) is 5.91 Å². The van der Waals surface area contributed by atoms with Crippen LogP contribution in [0.15, 0.2) is 42.7 Å². The van der Waals surface area contributed by atoms with Crippen molar-refractivity contribution in [2.24, 2.45) is 0 Å². The van der Waals surface area contributed by atoms with Crippen molar-refractivity contribution in [3.63, 3.8) is 0 Å². The fourth-order valence-corrected chi connectivity index (χ4v) is 2.75. The lowest BCUT2D eigenvalue weighted by Crippen LogP contribution is -2.30. The van der Waals surface area contributed by atoms with Crippen molar-refractivity contribution in [1.82, 2.24) is 15.6 Å². The molecule has 1 aromatic heterocycles. The van der Waals surface area contributed by atoms with Crippen LogP contribution in [0.25, 0.3) is 0 Å². The minimum absolute atomic E-state index is 0.00179. The zero-order valence-corrected chi connectivity index (χ0v) is 12.1. The Bertz CT molecular complexity index is 640. The van der Waals surface area contributed by atoms with E-state index in [1.807, 2.05) is 31.2 Å². The van der Waals surface area contributed by atoms with Crippen LogP contribution in [-0.4, -0.2) is 17.4 Å². The normalized spacial score (nSPS) is 15.1. The maximum atomic E-state index is 12.6. The van der Waals surface area contributed by atoms with Crippen LogP contribution in [0.3, 0.4) is 0 Å². The molecule has 0 spiro atoms. The number of amides is 1. The highest BCUT2D eigenvalue weighted by atomic mass is 16.1. The van der Waals surface area contributed by atoms with Gasteiger partial charge in [0.1, 0.15) is 0 Å². The molecule has 4 heteroatoms. The van der Waals surface area contributed by atoms with Gasteiger partial charge in [-0.3, -0.25) is 9.78 Å². The van der Waals surface area contributed by atoms with Gasteiger partial charge in [-0.05, 0) is 54.8 Å². The molecule has 0 aliphatic carbocycles. The van der Waals surface area contributed by atoms with Crippen LogP contribution >= 0.6 is 0 Å². The van der Waals surface area contributed by atoms with Crippen LogP contribution in [0.2, 0.25) is 0 Å². The zero-order chi connectivity index (χ0) is 14.7. The smallest absolute Gasteiger partial charge is 0.252 e. The second-order valence-electron chi connectivity index (χ2n) is 5.35. The summed E-state index contributed by atoms with van der Waals surface area (Å²) in [5.74, 6) is -0.00179. The summed E-state index contributed by atoms with van der Waals surface area (Å²) in [4.78, 5) is 16.6. The van der Waals surface area contributed by atoms with Gasteiger partial charge >= 0.3 is 0 Å². The van der Waals surface area contributed by atoms with Gasteiger partial charge in [0.05, 0.1) is 6.04 Å². The summed E-state index contributed by atoms with van der Waals surface area (Å²) in [6.45, 7) is 3.76. The first-order valence-electron chi connectivity index (χ1n) is 7.28. The number of hydrogen-bond acceptors (Lipinski definition) is 3. The van der Waals surface area contributed by atoms with Crippen LogP contribution in [-0.2, 0) is 13.0 Å². The molecule has 0 radical (unpaired) electrons. The number of carbonyl (C=O) groups is 1. The first-order chi connectivity index (χ1) is 10.3. The summed E-state index contributed by atoms with van der Waals surface area (Å²) in [6.07, 6.45) is 4.39. The average Bonchev–Trinajstić information content (AvgIpc) is 2.55. The average molecular weight is 281 g/mol. The number of fused-ring (bicyclic) bond motifs is 1. The molecule has 3 rings (SSSR count). The van der Waals surface area contributed by atoms with E-state index in [0.717, 1.165) is 30.6 Å². The van der Waals surface area contributed by atoms with E-state index in [1.165, 1.54) is 11.1 Å². The van der Waals surface area contributed by atoms with Gasteiger partial charge in [-0.25, -0.2) is 0 Å². The molecule has 1 aliphatic heterocycles. The maximum absolute atomic E-state index is 12.6. The fraction of sp³-hybridized carbons (Fsp3) is 0.294. The first kappa shape index (κ1) is 13.8. The van der Waals surface area contributed by atoms with Crippen molar-refractivity contribution >= 4 is 5.91 Å². The lowest BCUT2D eigenvalue weighted by Gasteiger charge is -2.21. The molecule has 0 bridgehead atoms. The number of carbonyl (C=O) groups excluding carboxylic acids is 1. The van der Waals surface area contributed by atoms with E-state index in [4.69, 9.17) is 0 Å². The largest absolute Gasteiger partial charge is 0.346 e. The van der Waals surface area contributed by atoms with Crippen molar-refractivity contribution in [1.29, 1.82) is 0 Å². The minimum Gasteiger partial charge on any atom is -0.346 e. The topological polar surface area (TPSA) is 54.0 Å². The van der Waals surface area contributed by atoms with Gasteiger partial charge in [-0.1, -0.05) is 12.1 Å².